The third-order valence-electron chi connectivity index (χ3n) is 6.57. The van der Waals surface area contributed by atoms with Crippen LogP contribution in [-0.4, -0.2) is 59.7 Å². The molecule has 11 heteroatoms. The molecule has 5 rings (SSSR count). The smallest absolute Gasteiger partial charge is 0.245 e. The van der Waals surface area contributed by atoms with E-state index in [4.69, 9.17) is 16.3 Å². The Morgan fingerprint density at radius 2 is 1.95 bits per heavy atom. The van der Waals surface area contributed by atoms with Gasteiger partial charge in [-0.05, 0) is 83.6 Å². The second-order valence-electron chi connectivity index (χ2n) is 10.9. The zero-order valence-corrected chi connectivity index (χ0v) is 24.1. The van der Waals surface area contributed by atoms with Crippen LogP contribution in [0.3, 0.4) is 0 Å². The fourth-order valence-electron chi connectivity index (χ4n) is 4.66. The molecule has 1 aliphatic rings. The number of benzene rings is 2. The first-order chi connectivity index (χ1) is 18.5. The average Bonchev–Trinajstić information content (AvgIpc) is 3.48. The zero-order valence-electron chi connectivity index (χ0n) is 22.5. The Morgan fingerprint density at radius 3 is 2.69 bits per heavy atom. The highest BCUT2D eigenvalue weighted by atomic mass is 35.5. The minimum Gasteiger partial charge on any atom is -0.490 e. The van der Waals surface area contributed by atoms with Crippen LogP contribution in [0, 0.1) is 0 Å². The van der Waals surface area contributed by atoms with E-state index in [1.807, 2.05) is 51.1 Å². The highest BCUT2D eigenvalue weighted by molar-refractivity contribution is 7.89. The lowest BCUT2D eigenvalue weighted by atomic mass is 10.1. The van der Waals surface area contributed by atoms with Gasteiger partial charge in [-0.2, -0.15) is 0 Å². The van der Waals surface area contributed by atoms with Crippen molar-refractivity contribution in [2.45, 2.75) is 50.1 Å². The summed E-state index contributed by atoms with van der Waals surface area (Å²) in [5.41, 5.74) is 2.38. The molecule has 0 radical (unpaired) electrons. The van der Waals surface area contributed by atoms with E-state index >= 15 is 0 Å². The first-order valence-corrected chi connectivity index (χ1v) is 14.7. The molecule has 0 aliphatic carbocycles. The highest BCUT2D eigenvalue weighted by Crippen LogP contribution is 2.30. The number of anilines is 2. The van der Waals surface area contributed by atoms with Crippen molar-refractivity contribution in [2.24, 2.45) is 0 Å². The number of nitrogens with zero attached hydrogens (tertiary/aromatic N) is 4. The van der Waals surface area contributed by atoms with Crippen molar-refractivity contribution >= 4 is 38.8 Å². The van der Waals surface area contributed by atoms with E-state index in [0.717, 1.165) is 35.4 Å². The molecule has 1 unspecified atom stereocenters. The minimum absolute atomic E-state index is 0.190. The second-order valence-corrected chi connectivity index (χ2v) is 13.0. The van der Waals surface area contributed by atoms with Crippen LogP contribution in [0.4, 0.5) is 11.6 Å². The van der Waals surface area contributed by atoms with Crippen LogP contribution in [0.5, 0.6) is 5.75 Å². The molecule has 39 heavy (non-hydrogen) atoms. The molecule has 2 aromatic carbocycles. The molecule has 2 N–H and O–H groups in total. The van der Waals surface area contributed by atoms with Crippen molar-refractivity contribution in [1.82, 2.24) is 24.2 Å². The summed E-state index contributed by atoms with van der Waals surface area (Å²) in [7, 11) is -1.57. The van der Waals surface area contributed by atoms with Gasteiger partial charge in [-0.1, -0.05) is 23.7 Å². The van der Waals surface area contributed by atoms with Gasteiger partial charge in [0.15, 0.2) is 0 Å². The highest BCUT2D eigenvalue weighted by Gasteiger charge is 2.23. The number of ether oxygens (including phenoxy) is 1. The molecular weight excluding hydrogens is 536 g/mol. The monoisotopic (exact) mass is 568 g/mol. The lowest BCUT2D eigenvalue weighted by molar-refractivity contribution is 0.198. The first kappa shape index (κ1) is 27.4. The van der Waals surface area contributed by atoms with Crippen molar-refractivity contribution in [3.05, 3.63) is 65.8 Å². The number of fused-ring (bicyclic) bond motifs is 1. The molecule has 1 atom stereocenters. The van der Waals surface area contributed by atoms with Crippen LogP contribution in [0.2, 0.25) is 5.02 Å². The number of likely N-dealkylation sites (N-methyl/N-ethyl adjacent to an activating group) is 1. The SMILES string of the molecule is CN1CCCC1COc1cc(Nc2ncc3ccc(-c4cccc(S(=O)(=O)NC(C)(C)C)c4)n3n2)ccc1Cl. The molecule has 0 bridgehead atoms. The van der Waals surface area contributed by atoms with Gasteiger partial charge in [0.2, 0.25) is 16.0 Å². The number of sulfonamides is 1. The molecule has 1 saturated heterocycles. The van der Waals surface area contributed by atoms with Gasteiger partial charge in [0.25, 0.3) is 0 Å². The molecule has 0 amide bonds. The van der Waals surface area contributed by atoms with Crippen LogP contribution in [-0.2, 0) is 10.0 Å². The van der Waals surface area contributed by atoms with E-state index in [9.17, 15) is 8.42 Å². The van der Waals surface area contributed by atoms with E-state index in [0.29, 0.717) is 29.4 Å². The van der Waals surface area contributed by atoms with E-state index in [1.165, 1.54) is 6.42 Å². The average molecular weight is 569 g/mol. The second kappa shape index (κ2) is 10.8. The summed E-state index contributed by atoms with van der Waals surface area (Å²) in [6.45, 7) is 7.09. The fraction of sp³-hybridized carbons (Fsp3) is 0.357. The van der Waals surface area contributed by atoms with Gasteiger partial charge < -0.3 is 15.0 Å². The Kier molecular flexibility index (Phi) is 7.56. The normalized spacial score (nSPS) is 16.6. The Morgan fingerprint density at radius 1 is 1.13 bits per heavy atom. The van der Waals surface area contributed by atoms with Crippen molar-refractivity contribution in [3.63, 3.8) is 0 Å². The van der Waals surface area contributed by atoms with Crippen LogP contribution >= 0.6 is 11.6 Å². The minimum atomic E-state index is -3.68. The van der Waals surface area contributed by atoms with Gasteiger partial charge in [-0.25, -0.2) is 22.6 Å². The molecule has 9 nitrogen and oxygen atoms in total. The van der Waals surface area contributed by atoms with Crippen LogP contribution < -0.4 is 14.8 Å². The summed E-state index contributed by atoms with van der Waals surface area (Å²) in [5, 5.41) is 8.45. The van der Waals surface area contributed by atoms with E-state index in [1.54, 1.807) is 35.0 Å². The predicted molar refractivity (Wildman–Crippen MR) is 154 cm³/mol. The first-order valence-electron chi connectivity index (χ1n) is 12.9. The maximum Gasteiger partial charge on any atom is 0.245 e. The van der Waals surface area contributed by atoms with Gasteiger partial charge in [-0.3, -0.25) is 0 Å². The van der Waals surface area contributed by atoms with Gasteiger partial charge in [0.05, 0.1) is 27.3 Å². The van der Waals surface area contributed by atoms with Crippen LogP contribution in [0.15, 0.2) is 65.7 Å². The molecule has 1 fully saturated rings. The maximum absolute atomic E-state index is 12.9. The molecular formula is C28H33ClN6O3S. The van der Waals surface area contributed by atoms with Gasteiger partial charge in [0.1, 0.15) is 12.4 Å². The summed E-state index contributed by atoms with van der Waals surface area (Å²) in [6.07, 6.45) is 4.00. The third-order valence-corrected chi connectivity index (χ3v) is 8.64. The molecule has 206 valence electrons. The van der Waals surface area contributed by atoms with Gasteiger partial charge in [-0.15, -0.1) is 5.10 Å². The Balaban J connectivity index is 1.39. The number of halogens is 1. The van der Waals surface area contributed by atoms with Crippen molar-refractivity contribution in [2.75, 3.05) is 25.5 Å². The largest absolute Gasteiger partial charge is 0.490 e. The summed E-state index contributed by atoms with van der Waals surface area (Å²) < 4.78 is 36.3. The number of nitrogens with one attached hydrogen (secondary N) is 2. The van der Waals surface area contributed by atoms with E-state index < -0.39 is 15.6 Å². The quantitative estimate of drug-likeness (QED) is 0.296. The summed E-state index contributed by atoms with van der Waals surface area (Å²) in [5.74, 6) is 0.980. The standard InChI is InChI=1S/C28H33ClN6O3S/c1-28(2,3)33-39(36,37)23-9-5-7-19(15-23)25-13-11-21-17-30-27(32-35(21)25)31-20-10-12-24(29)26(16-20)38-18-22-8-6-14-34(22)4/h5,7,9-13,15-17,22,33H,6,8,14,18H2,1-4H3,(H,31,32). The van der Waals surface area contributed by atoms with Gasteiger partial charge >= 0.3 is 0 Å². The zero-order chi connectivity index (χ0) is 27.8. The summed E-state index contributed by atoms with van der Waals surface area (Å²) in [6, 6.07) is 16.5. The Labute approximate surface area is 234 Å². The summed E-state index contributed by atoms with van der Waals surface area (Å²) >= 11 is 6.40. The Hall–Kier alpha value is -3.18. The predicted octanol–water partition coefficient (Wildman–Crippen LogP) is 5.34. The van der Waals surface area contributed by atoms with Crippen LogP contribution in [0.25, 0.3) is 16.8 Å². The molecule has 4 aromatic rings. The number of rotatable bonds is 8. The number of likely N-dealkylation sites (tertiary alicyclic amines) is 1. The summed E-state index contributed by atoms with van der Waals surface area (Å²) in [4.78, 5) is 6.94. The molecule has 2 aromatic heterocycles. The lowest BCUT2D eigenvalue weighted by Crippen LogP contribution is -2.40. The van der Waals surface area contributed by atoms with E-state index in [-0.39, 0.29) is 4.90 Å². The number of aromatic nitrogens is 3. The molecule has 1 aliphatic heterocycles. The van der Waals surface area contributed by atoms with Crippen molar-refractivity contribution in [3.8, 4) is 17.0 Å². The van der Waals surface area contributed by atoms with E-state index in [2.05, 4.69) is 32.1 Å². The fourth-order valence-corrected chi connectivity index (χ4v) is 6.29. The Bertz CT molecular complexity index is 1600. The topological polar surface area (TPSA) is 101 Å². The number of hydrogen-bond acceptors (Lipinski definition) is 7. The van der Waals surface area contributed by atoms with Gasteiger partial charge in [0, 0.05) is 28.9 Å². The lowest BCUT2D eigenvalue weighted by Gasteiger charge is -2.20. The van der Waals surface area contributed by atoms with Crippen molar-refractivity contribution < 1.29 is 13.2 Å². The molecule has 0 spiro atoms. The van der Waals surface area contributed by atoms with Crippen LogP contribution in [0.1, 0.15) is 33.6 Å². The van der Waals surface area contributed by atoms with Crippen molar-refractivity contribution in [1.29, 1.82) is 0 Å². The maximum atomic E-state index is 12.9. The number of hydrogen-bond donors (Lipinski definition) is 2. The molecule has 0 saturated carbocycles. The third kappa shape index (κ3) is 6.36. The molecule has 3 heterocycles.